The van der Waals surface area contributed by atoms with Gasteiger partial charge in [-0.1, -0.05) is 42.5 Å². The predicted octanol–water partition coefficient (Wildman–Crippen LogP) is 4.61. The predicted molar refractivity (Wildman–Crippen MR) is 139 cm³/mol. The first-order valence-corrected chi connectivity index (χ1v) is 11.6. The van der Waals surface area contributed by atoms with Crippen LogP contribution in [0.5, 0.6) is 0 Å². The maximum Gasteiger partial charge on any atom is 0.275 e. The number of benzene rings is 3. The third-order valence-corrected chi connectivity index (χ3v) is 6.51. The lowest BCUT2D eigenvalue weighted by molar-refractivity contribution is 0.834. The van der Waals surface area contributed by atoms with Gasteiger partial charge in [0.2, 0.25) is 0 Å². The summed E-state index contributed by atoms with van der Waals surface area (Å²) in [5.41, 5.74) is 14.6. The molecular weight excluding hydrogens is 436 g/mol. The Labute approximate surface area is 201 Å². The monoisotopic (exact) mass is 460 g/mol. The Balaban J connectivity index is 1.52. The van der Waals surface area contributed by atoms with E-state index in [0.717, 1.165) is 50.0 Å². The van der Waals surface area contributed by atoms with Crippen LogP contribution in [0.3, 0.4) is 0 Å². The van der Waals surface area contributed by atoms with E-state index in [4.69, 9.17) is 10.7 Å². The van der Waals surface area contributed by atoms with E-state index in [1.165, 1.54) is 0 Å². The fourth-order valence-corrected chi connectivity index (χ4v) is 4.61. The van der Waals surface area contributed by atoms with Gasteiger partial charge in [0.05, 0.1) is 33.5 Å². The van der Waals surface area contributed by atoms with Crippen molar-refractivity contribution in [1.82, 2.24) is 24.5 Å². The number of nitrogens with two attached hydrogens (primary N) is 1. The number of nitrogens with one attached hydrogen (secondary N) is 1. The topological polar surface area (TPSA) is 102 Å². The van der Waals surface area contributed by atoms with Gasteiger partial charge in [0, 0.05) is 35.8 Å². The quantitative estimate of drug-likeness (QED) is 0.374. The zero-order valence-electron chi connectivity index (χ0n) is 19.5. The summed E-state index contributed by atoms with van der Waals surface area (Å²) >= 11 is 0. The number of fused-ring (bicyclic) bond motifs is 3. The second-order valence-electron chi connectivity index (χ2n) is 8.88. The number of nitrogens with zero attached hydrogens (tertiary/aromatic N) is 4. The number of aromatic amines is 1. The molecule has 0 unspecified atom stereocenters. The highest BCUT2D eigenvalue weighted by Gasteiger charge is 2.16. The summed E-state index contributed by atoms with van der Waals surface area (Å²) in [6, 6.07) is 20.1. The summed E-state index contributed by atoms with van der Waals surface area (Å²) in [5, 5.41) is 0.979. The zero-order valence-corrected chi connectivity index (χ0v) is 19.5. The van der Waals surface area contributed by atoms with Gasteiger partial charge in [0.15, 0.2) is 0 Å². The van der Waals surface area contributed by atoms with E-state index in [1.807, 2.05) is 62.5 Å². The van der Waals surface area contributed by atoms with Crippen molar-refractivity contribution < 1.29 is 0 Å². The molecule has 0 saturated carbocycles. The molecule has 0 atom stereocenters. The van der Waals surface area contributed by atoms with Gasteiger partial charge in [-0.3, -0.25) is 4.79 Å². The van der Waals surface area contributed by atoms with Crippen LogP contribution >= 0.6 is 0 Å². The van der Waals surface area contributed by atoms with Crippen LogP contribution < -0.4 is 11.3 Å². The maximum atomic E-state index is 13.2. The first-order chi connectivity index (χ1) is 17.0. The molecule has 7 nitrogen and oxygen atoms in total. The Hall–Kier alpha value is -4.36. The molecular formula is C28H24N6O. The van der Waals surface area contributed by atoms with Crippen molar-refractivity contribution in [3.05, 3.63) is 99.7 Å². The third-order valence-electron chi connectivity index (χ3n) is 6.51. The van der Waals surface area contributed by atoms with Crippen molar-refractivity contribution in [2.45, 2.75) is 26.9 Å². The van der Waals surface area contributed by atoms with Crippen LogP contribution in [0, 0.1) is 13.8 Å². The Kier molecular flexibility index (Phi) is 4.93. The molecule has 7 heteroatoms. The molecule has 0 spiro atoms. The van der Waals surface area contributed by atoms with E-state index < -0.39 is 0 Å². The Morgan fingerprint density at radius 2 is 1.60 bits per heavy atom. The van der Waals surface area contributed by atoms with Crippen LogP contribution in [0.1, 0.15) is 22.5 Å². The molecule has 6 rings (SSSR count). The third kappa shape index (κ3) is 3.66. The molecule has 6 aromatic rings. The average molecular weight is 461 g/mol. The minimum absolute atomic E-state index is 0.235. The highest BCUT2D eigenvalue weighted by molar-refractivity contribution is 5.97. The largest absolute Gasteiger partial charge is 0.342 e. The first-order valence-electron chi connectivity index (χ1n) is 11.6. The number of aryl methyl sites for hydroxylation is 2. The summed E-state index contributed by atoms with van der Waals surface area (Å²) in [7, 11) is 0. The summed E-state index contributed by atoms with van der Waals surface area (Å²) in [6.07, 6.45) is 2.01. The maximum absolute atomic E-state index is 13.2. The van der Waals surface area contributed by atoms with E-state index in [-0.39, 0.29) is 5.56 Å². The number of H-pyrrole nitrogens is 1. The SMILES string of the molecule is Cc1nc2cc3nc(-c4cn(Cc5cccc(CN)c5)c5ccccc45)c(=O)[nH]c3cc2nc1C. The molecule has 0 aliphatic carbocycles. The number of hydrogen-bond donors (Lipinski definition) is 2. The van der Waals surface area contributed by atoms with Crippen molar-refractivity contribution in [1.29, 1.82) is 0 Å². The van der Waals surface area contributed by atoms with Crippen LogP contribution in [-0.4, -0.2) is 24.5 Å². The molecule has 0 saturated heterocycles. The summed E-state index contributed by atoms with van der Waals surface area (Å²) in [5.74, 6) is 0. The van der Waals surface area contributed by atoms with Gasteiger partial charge in [-0.2, -0.15) is 0 Å². The van der Waals surface area contributed by atoms with Gasteiger partial charge in [-0.25, -0.2) is 15.0 Å². The Morgan fingerprint density at radius 3 is 2.40 bits per heavy atom. The van der Waals surface area contributed by atoms with Crippen molar-refractivity contribution >= 4 is 33.0 Å². The molecule has 0 aliphatic heterocycles. The number of hydrogen-bond acceptors (Lipinski definition) is 5. The van der Waals surface area contributed by atoms with E-state index >= 15 is 0 Å². The van der Waals surface area contributed by atoms with Crippen molar-refractivity contribution in [3.8, 4) is 11.3 Å². The smallest absolute Gasteiger partial charge is 0.275 e. The Bertz CT molecular complexity index is 1810. The van der Waals surface area contributed by atoms with E-state index in [9.17, 15) is 4.79 Å². The normalized spacial score (nSPS) is 11.6. The molecule has 3 aromatic heterocycles. The molecule has 3 N–H and O–H groups in total. The Morgan fingerprint density at radius 1 is 0.857 bits per heavy atom. The van der Waals surface area contributed by atoms with Crippen LogP contribution in [0.4, 0.5) is 0 Å². The standard InChI is InChI=1S/C28H24N6O/c1-16-17(2)31-23-12-25-24(11-22(23)30-16)32-27(28(35)33-25)21-15-34(26-9-4-3-8-20(21)26)14-19-7-5-6-18(10-19)13-29/h3-12,15H,13-14,29H2,1-2H3,(H,33,35). The van der Waals surface area contributed by atoms with Gasteiger partial charge in [0.25, 0.3) is 5.56 Å². The lowest BCUT2D eigenvalue weighted by atomic mass is 10.1. The van der Waals surface area contributed by atoms with Crippen molar-refractivity contribution in [2.75, 3.05) is 0 Å². The summed E-state index contributed by atoms with van der Waals surface area (Å²) in [6.45, 7) is 5.03. The molecule has 172 valence electrons. The highest BCUT2D eigenvalue weighted by Crippen LogP contribution is 2.30. The van der Waals surface area contributed by atoms with Crippen LogP contribution in [0.15, 0.2) is 71.7 Å². The molecule has 0 aliphatic rings. The fraction of sp³-hybridized carbons (Fsp3) is 0.143. The lowest BCUT2D eigenvalue weighted by Crippen LogP contribution is -2.11. The molecule has 3 heterocycles. The zero-order chi connectivity index (χ0) is 24.1. The van der Waals surface area contributed by atoms with E-state index in [2.05, 4.69) is 37.7 Å². The van der Waals surface area contributed by atoms with Gasteiger partial charge in [-0.15, -0.1) is 0 Å². The van der Waals surface area contributed by atoms with Gasteiger partial charge in [-0.05, 0) is 43.2 Å². The molecule has 35 heavy (non-hydrogen) atoms. The van der Waals surface area contributed by atoms with Crippen molar-refractivity contribution in [3.63, 3.8) is 0 Å². The van der Waals surface area contributed by atoms with E-state index in [0.29, 0.717) is 29.8 Å². The molecule has 0 bridgehead atoms. The highest BCUT2D eigenvalue weighted by atomic mass is 16.1. The second kappa shape index (κ2) is 8.14. The van der Waals surface area contributed by atoms with Crippen molar-refractivity contribution in [2.24, 2.45) is 5.73 Å². The van der Waals surface area contributed by atoms with Gasteiger partial charge >= 0.3 is 0 Å². The van der Waals surface area contributed by atoms with E-state index in [1.54, 1.807) is 0 Å². The van der Waals surface area contributed by atoms with Crippen LogP contribution in [-0.2, 0) is 13.1 Å². The molecule has 0 radical (unpaired) electrons. The fourth-order valence-electron chi connectivity index (χ4n) is 4.61. The minimum Gasteiger partial charge on any atom is -0.342 e. The lowest BCUT2D eigenvalue weighted by Gasteiger charge is -2.07. The first kappa shape index (κ1) is 21.2. The average Bonchev–Trinajstić information content (AvgIpc) is 3.22. The summed E-state index contributed by atoms with van der Waals surface area (Å²) in [4.78, 5) is 30.3. The van der Waals surface area contributed by atoms with Crippen LogP contribution in [0.2, 0.25) is 0 Å². The van der Waals surface area contributed by atoms with Gasteiger partial charge in [0.1, 0.15) is 5.69 Å². The minimum atomic E-state index is -0.235. The second-order valence-corrected chi connectivity index (χ2v) is 8.88. The molecule has 3 aromatic carbocycles. The van der Waals surface area contributed by atoms with Crippen LogP contribution in [0.25, 0.3) is 44.2 Å². The number of aromatic nitrogens is 5. The molecule has 0 fully saturated rings. The molecule has 0 amide bonds. The number of para-hydroxylation sites is 1. The van der Waals surface area contributed by atoms with Gasteiger partial charge < -0.3 is 15.3 Å². The number of rotatable bonds is 4. The summed E-state index contributed by atoms with van der Waals surface area (Å²) < 4.78 is 2.16.